The van der Waals surface area contributed by atoms with Crippen LogP contribution in [0.4, 0.5) is 0 Å². The molecule has 0 saturated carbocycles. The quantitative estimate of drug-likeness (QED) is 0.714. The molecule has 1 heterocycles. The number of para-hydroxylation sites is 1. The summed E-state index contributed by atoms with van der Waals surface area (Å²) in [5.41, 5.74) is 1.93. The molecule has 0 bridgehead atoms. The van der Waals surface area contributed by atoms with Gasteiger partial charge in [-0.1, -0.05) is 18.2 Å². The predicted octanol–water partition coefficient (Wildman–Crippen LogP) is 0.576. The average Bonchev–Trinajstić information content (AvgIpc) is 2.85. The van der Waals surface area contributed by atoms with Crippen LogP contribution in [0, 0.1) is 0 Å². The standard InChI is InChI=1S/C12H17N5/c1-13-7-8-14-9-11-10-15-17(16-11)12-5-3-2-4-6-12/h2-6,10,13-14H,7-9H2,1H3. The first kappa shape index (κ1) is 11.8. The van der Waals surface area contributed by atoms with Crippen LogP contribution in [0.1, 0.15) is 5.69 Å². The molecule has 0 spiro atoms. The highest BCUT2D eigenvalue weighted by Crippen LogP contribution is 2.03. The molecular formula is C12H17N5. The Kier molecular flexibility index (Phi) is 4.23. The Balaban J connectivity index is 1.92. The van der Waals surface area contributed by atoms with Gasteiger partial charge in [0.25, 0.3) is 0 Å². The van der Waals surface area contributed by atoms with Crippen molar-refractivity contribution in [2.75, 3.05) is 20.1 Å². The van der Waals surface area contributed by atoms with Gasteiger partial charge in [0.15, 0.2) is 0 Å². The Labute approximate surface area is 101 Å². The number of benzene rings is 1. The molecule has 5 heteroatoms. The minimum absolute atomic E-state index is 0.745. The number of nitrogens with zero attached hydrogens (tertiary/aromatic N) is 3. The lowest BCUT2D eigenvalue weighted by Crippen LogP contribution is -2.24. The number of aromatic nitrogens is 3. The fourth-order valence-corrected chi connectivity index (χ4v) is 1.49. The minimum atomic E-state index is 0.745. The summed E-state index contributed by atoms with van der Waals surface area (Å²) >= 11 is 0. The van der Waals surface area contributed by atoms with Gasteiger partial charge in [0, 0.05) is 19.6 Å². The number of nitrogens with one attached hydrogen (secondary N) is 2. The fourth-order valence-electron chi connectivity index (χ4n) is 1.49. The maximum absolute atomic E-state index is 4.40. The third-order valence-corrected chi connectivity index (χ3v) is 2.38. The van der Waals surface area contributed by atoms with Crippen molar-refractivity contribution in [2.45, 2.75) is 6.54 Å². The van der Waals surface area contributed by atoms with E-state index in [1.807, 2.05) is 37.4 Å². The van der Waals surface area contributed by atoms with Crippen LogP contribution in [-0.2, 0) is 6.54 Å². The second-order valence-electron chi connectivity index (χ2n) is 3.74. The zero-order chi connectivity index (χ0) is 11.9. The first-order valence-electron chi connectivity index (χ1n) is 5.72. The molecule has 0 aliphatic heterocycles. The Bertz CT molecular complexity index is 437. The molecule has 1 aromatic carbocycles. The van der Waals surface area contributed by atoms with E-state index < -0.39 is 0 Å². The molecule has 1 aromatic heterocycles. The zero-order valence-corrected chi connectivity index (χ0v) is 9.93. The number of rotatable bonds is 6. The highest BCUT2D eigenvalue weighted by atomic mass is 15.5. The Morgan fingerprint density at radius 3 is 2.76 bits per heavy atom. The van der Waals surface area contributed by atoms with Crippen molar-refractivity contribution in [3.63, 3.8) is 0 Å². The van der Waals surface area contributed by atoms with Gasteiger partial charge in [-0.15, -0.1) is 0 Å². The van der Waals surface area contributed by atoms with Gasteiger partial charge in [-0.3, -0.25) is 0 Å². The SMILES string of the molecule is CNCCNCc1cnn(-c2ccccc2)n1. The van der Waals surface area contributed by atoms with E-state index in [1.54, 1.807) is 11.0 Å². The van der Waals surface area contributed by atoms with E-state index in [0.29, 0.717) is 0 Å². The molecule has 0 unspecified atom stereocenters. The van der Waals surface area contributed by atoms with Gasteiger partial charge in [-0.05, 0) is 19.2 Å². The van der Waals surface area contributed by atoms with E-state index in [-0.39, 0.29) is 0 Å². The summed E-state index contributed by atoms with van der Waals surface area (Å²) in [6, 6.07) is 9.90. The molecule has 90 valence electrons. The average molecular weight is 231 g/mol. The van der Waals surface area contributed by atoms with Gasteiger partial charge in [0.1, 0.15) is 0 Å². The number of hydrogen-bond acceptors (Lipinski definition) is 4. The number of likely N-dealkylation sites (N-methyl/N-ethyl adjacent to an activating group) is 1. The smallest absolute Gasteiger partial charge is 0.0969 e. The maximum Gasteiger partial charge on any atom is 0.0969 e. The van der Waals surface area contributed by atoms with E-state index in [2.05, 4.69) is 20.8 Å². The molecule has 0 amide bonds. The van der Waals surface area contributed by atoms with E-state index in [9.17, 15) is 0 Å². The molecular weight excluding hydrogens is 214 g/mol. The van der Waals surface area contributed by atoms with E-state index in [0.717, 1.165) is 31.0 Å². The first-order chi connectivity index (χ1) is 8.40. The van der Waals surface area contributed by atoms with Gasteiger partial charge in [0.2, 0.25) is 0 Å². The normalized spacial score (nSPS) is 10.6. The third-order valence-electron chi connectivity index (χ3n) is 2.38. The van der Waals surface area contributed by atoms with E-state index in [1.165, 1.54) is 0 Å². The molecule has 0 aliphatic carbocycles. The highest BCUT2D eigenvalue weighted by Gasteiger charge is 2.01. The number of hydrogen-bond donors (Lipinski definition) is 2. The van der Waals surface area contributed by atoms with Crippen molar-refractivity contribution in [3.05, 3.63) is 42.2 Å². The summed E-state index contributed by atoms with van der Waals surface area (Å²) in [4.78, 5) is 1.65. The second kappa shape index (κ2) is 6.12. The van der Waals surface area contributed by atoms with Crippen molar-refractivity contribution >= 4 is 0 Å². The molecule has 0 atom stereocenters. The van der Waals surface area contributed by atoms with Gasteiger partial charge in [0.05, 0.1) is 17.6 Å². The summed E-state index contributed by atoms with van der Waals surface area (Å²) in [7, 11) is 1.94. The maximum atomic E-state index is 4.40. The topological polar surface area (TPSA) is 54.8 Å². The lowest BCUT2D eigenvalue weighted by atomic mass is 10.3. The molecule has 17 heavy (non-hydrogen) atoms. The van der Waals surface area contributed by atoms with Crippen LogP contribution in [0.2, 0.25) is 0 Å². The summed E-state index contributed by atoms with van der Waals surface area (Å²) in [5.74, 6) is 0. The molecule has 2 N–H and O–H groups in total. The van der Waals surface area contributed by atoms with Crippen molar-refractivity contribution < 1.29 is 0 Å². The Morgan fingerprint density at radius 1 is 1.18 bits per heavy atom. The summed E-state index contributed by atoms with van der Waals surface area (Å²) in [6.45, 7) is 2.62. The van der Waals surface area contributed by atoms with Crippen molar-refractivity contribution in [1.29, 1.82) is 0 Å². The molecule has 2 rings (SSSR count). The monoisotopic (exact) mass is 231 g/mol. The van der Waals surface area contributed by atoms with Crippen molar-refractivity contribution in [3.8, 4) is 5.69 Å². The van der Waals surface area contributed by atoms with Crippen molar-refractivity contribution in [2.24, 2.45) is 0 Å². The highest BCUT2D eigenvalue weighted by molar-refractivity contribution is 5.28. The van der Waals surface area contributed by atoms with Gasteiger partial charge >= 0.3 is 0 Å². The molecule has 0 radical (unpaired) electrons. The molecule has 0 saturated heterocycles. The van der Waals surface area contributed by atoms with Crippen LogP contribution in [0.3, 0.4) is 0 Å². The largest absolute Gasteiger partial charge is 0.318 e. The van der Waals surface area contributed by atoms with Crippen LogP contribution in [0.5, 0.6) is 0 Å². The lowest BCUT2D eigenvalue weighted by molar-refractivity contribution is 0.634. The van der Waals surface area contributed by atoms with Crippen LogP contribution < -0.4 is 10.6 Å². The third kappa shape index (κ3) is 3.37. The zero-order valence-electron chi connectivity index (χ0n) is 9.93. The van der Waals surface area contributed by atoms with Gasteiger partial charge < -0.3 is 10.6 Å². The van der Waals surface area contributed by atoms with Gasteiger partial charge in [-0.2, -0.15) is 15.0 Å². The van der Waals surface area contributed by atoms with Crippen LogP contribution in [-0.4, -0.2) is 35.1 Å². The minimum Gasteiger partial charge on any atom is -0.318 e. The van der Waals surface area contributed by atoms with E-state index in [4.69, 9.17) is 0 Å². The summed E-state index contributed by atoms with van der Waals surface area (Å²) in [6.07, 6.45) is 1.79. The summed E-state index contributed by atoms with van der Waals surface area (Å²) < 4.78 is 0. The lowest BCUT2D eigenvalue weighted by Gasteiger charge is -2.00. The van der Waals surface area contributed by atoms with Crippen molar-refractivity contribution in [1.82, 2.24) is 25.6 Å². The predicted molar refractivity (Wildman–Crippen MR) is 67.0 cm³/mol. The fraction of sp³-hybridized carbons (Fsp3) is 0.333. The van der Waals surface area contributed by atoms with Gasteiger partial charge in [-0.25, -0.2) is 0 Å². The van der Waals surface area contributed by atoms with Crippen LogP contribution in [0.15, 0.2) is 36.5 Å². The molecule has 2 aromatic rings. The Hall–Kier alpha value is -1.72. The first-order valence-corrected chi connectivity index (χ1v) is 5.72. The molecule has 0 aliphatic rings. The molecule has 0 fully saturated rings. The van der Waals surface area contributed by atoms with Crippen LogP contribution in [0.25, 0.3) is 5.69 Å². The molecule has 5 nitrogen and oxygen atoms in total. The second-order valence-corrected chi connectivity index (χ2v) is 3.74. The van der Waals surface area contributed by atoms with E-state index >= 15 is 0 Å². The summed E-state index contributed by atoms with van der Waals surface area (Å²) in [5, 5.41) is 15.0. The Morgan fingerprint density at radius 2 is 2.00 bits per heavy atom. The van der Waals surface area contributed by atoms with Crippen LogP contribution >= 0.6 is 0 Å².